The molecule has 3 heterocycles. The number of rotatable bonds is 7. The molecule has 1 aliphatic rings. The fraction of sp³-hybridized carbons (Fsp3) is 0.357. The Morgan fingerprint density at radius 1 is 1.06 bits per heavy atom. The van der Waals surface area contributed by atoms with Crippen LogP contribution >= 0.6 is 0 Å². The Kier molecular flexibility index (Phi) is 8.08. The molecule has 0 aliphatic heterocycles. The van der Waals surface area contributed by atoms with Crippen molar-refractivity contribution >= 4 is 6.08 Å². The van der Waals surface area contributed by atoms with E-state index in [0.717, 1.165) is 60.0 Å². The second-order valence-corrected chi connectivity index (χ2v) is 8.47. The van der Waals surface area contributed by atoms with E-state index in [-0.39, 0.29) is 6.10 Å². The Labute approximate surface area is 206 Å². The molecule has 1 aliphatic carbocycles. The van der Waals surface area contributed by atoms with Crippen LogP contribution in [0.25, 0.3) is 11.8 Å². The van der Waals surface area contributed by atoms with Crippen LogP contribution < -0.4 is 4.74 Å². The maximum Gasteiger partial charge on any atom is 0.213 e. The lowest BCUT2D eigenvalue weighted by atomic mass is 9.86. The van der Waals surface area contributed by atoms with E-state index in [9.17, 15) is 0 Å². The zero-order chi connectivity index (χ0) is 24.6. The third-order valence-corrected chi connectivity index (χ3v) is 6.12. The second-order valence-electron chi connectivity index (χ2n) is 8.47. The van der Waals surface area contributed by atoms with E-state index in [1.54, 1.807) is 6.20 Å². The van der Waals surface area contributed by atoms with Crippen LogP contribution in [0.5, 0.6) is 5.88 Å². The molecule has 0 atom stereocenters. The van der Waals surface area contributed by atoms with Crippen molar-refractivity contribution in [3.05, 3.63) is 90.0 Å². The SMILES string of the molecule is C=Cc1ccc(-n2c(Cc3cc(C)on3)nnc2C2CCC(Oc3ccccn3)CC2)cc1.CC. The fourth-order valence-corrected chi connectivity index (χ4v) is 4.44. The maximum absolute atomic E-state index is 6.08. The van der Waals surface area contributed by atoms with Crippen molar-refractivity contribution in [2.45, 2.75) is 64.9 Å². The Morgan fingerprint density at radius 3 is 2.46 bits per heavy atom. The summed E-state index contributed by atoms with van der Waals surface area (Å²) in [4.78, 5) is 4.29. The molecule has 0 radical (unpaired) electrons. The first-order valence-corrected chi connectivity index (χ1v) is 12.4. The van der Waals surface area contributed by atoms with Crippen LogP contribution in [-0.4, -0.2) is 31.0 Å². The first kappa shape index (κ1) is 24.4. The molecule has 1 aromatic carbocycles. The van der Waals surface area contributed by atoms with Gasteiger partial charge < -0.3 is 9.26 Å². The molecule has 7 heteroatoms. The number of aromatic nitrogens is 5. The van der Waals surface area contributed by atoms with Gasteiger partial charge in [0.25, 0.3) is 0 Å². The van der Waals surface area contributed by atoms with Crippen LogP contribution in [0.2, 0.25) is 0 Å². The second kappa shape index (κ2) is 11.6. The average Bonchev–Trinajstić information content (AvgIpc) is 3.52. The summed E-state index contributed by atoms with van der Waals surface area (Å²) in [5.74, 6) is 3.65. The number of hydrogen-bond donors (Lipinski definition) is 0. The minimum atomic E-state index is 0.178. The third-order valence-electron chi connectivity index (χ3n) is 6.12. The van der Waals surface area contributed by atoms with E-state index in [1.165, 1.54) is 0 Å². The van der Waals surface area contributed by atoms with Crippen molar-refractivity contribution in [1.82, 2.24) is 24.9 Å². The van der Waals surface area contributed by atoms with Gasteiger partial charge in [-0.2, -0.15) is 0 Å². The van der Waals surface area contributed by atoms with E-state index < -0.39 is 0 Å². The highest BCUT2D eigenvalue weighted by Crippen LogP contribution is 2.35. The molecule has 35 heavy (non-hydrogen) atoms. The topological polar surface area (TPSA) is 78.9 Å². The Bertz CT molecular complexity index is 1210. The van der Waals surface area contributed by atoms with E-state index in [2.05, 4.69) is 55.7 Å². The average molecular weight is 472 g/mol. The molecule has 182 valence electrons. The molecule has 1 saturated carbocycles. The Hall–Kier alpha value is -3.74. The molecule has 5 rings (SSSR count). The summed E-state index contributed by atoms with van der Waals surface area (Å²) in [5.41, 5.74) is 2.97. The lowest BCUT2D eigenvalue weighted by Crippen LogP contribution is -2.25. The molecule has 0 unspecified atom stereocenters. The molecule has 7 nitrogen and oxygen atoms in total. The van der Waals surface area contributed by atoms with Gasteiger partial charge in [0.15, 0.2) is 0 Å². The zero-order valence-electron chi connectivity index (χ0n) is 20.7. The van der Waals surface area contributed by atoms with Gasteiger partial charge in [-0.15, -0.1) is 10.2 Å². The first-order chi connectivity index (χ1) is 17.2. The summed E-state index contributed by atoms with van der Waals surface area (Å²) in [5, 5.41) is 13.4. The summed E-state index contributed by atoms with van der Waals surface area (Å²) in [6.07, 6.45) is 8.25. The van der Waals surface area contributed by atoms with Crippen molar-refractivity contribution in [2.24, 2.45) is 0 Å². The monoisotopic (exact) mass is 471 g/mol. The van der Waals surface area contributed by atoms with Crippen molar-refractivity contribution in [2.75, 3.05) is 0 Å². The van der Waals surface area contributed by atoms with Gasteiger partial charge in [0.05, 0.1) is 12.1 Å². The van der Waals surface area contributed by atoms with Gasteiger partial charge in [-0.1, -0.05) is 49.9 Å². The normalized spacial score (nSPS) is 17.3. The number of nitrogens with zero attached hydrogens (tertiary/aromatic N) is 5. The summed E-state index contributed by atoms with van der Waals surface area (Å²) >= 11 is 0. The van der Waals surface area contributed by atoms with Crippen LogP contribution in [0, 0.1) is 6.92 Å². The van der Waals surface area contributed by atoms with Crippen LogP contribution in [0.15, 0.2) is 65.8 Å². The van der Waals surface area contributed by atoms with Crippen LogP contribution in [0.1, 0.15) is 74.1 Å². The summed E-state index contributed by atoms with van der Waals surface area (Å²) in [6, 6.07) is 16.0. The van der Waals surface area contributed by atoms with Gasteiger partial charge in [-0.25, -0.2) is 4.98 Å². The highest BCUT2D eigenvalue weighted by molar-refractivity contribution is 5.50. The van der Waals surface area contributed by atoms with Crippen LogP contribution in [-0.2, 0) is 6.42 Å². The van der Waals surface area contributed by atoms with Crippen molar-refractivity contribution < 1.29 is 9.26 Å². The minimum Gasteiger partial charge on any atom is -0.474 e. The first-order valence-electron chi connectivity index (χ1n) is 12.4. The summed E-state index contributed by atoms with van der Waals surface area (Å²) in [7, 11) is 0. The van der Waals surface area contributed by atoms with Gasteiger partial charge >= 0.3 is 0 Å². The molecule has 0 bridgehead atoms. The summed E-state index contributed by atoms with van der Waals surface area (Å²) in [6.45, 7) is 9.76. The number of pyridine rings is 1. The number of hydrogen-bond acceptors (Lipinski definition) is 6. The molecule has 0 saturated heterocycles. The molecular weight excluding hydrogens is 438 g/mol. The molecule has 0 N–H and O–H groups in total. The quantitative estimate of drug-likeness (QED) is 0.314. The predicted molar refractivity (Wildman–Crippen MR) is 137 cm³/mol. The Balaban J connectivity index is 0.00000141. The highest BCUT2D eigenvalue weighted by atomic mass is 16.5. The van der Waals surface area contributed by atoms with Crippen molar-refractivity contribution in [3.8, 4) is 11.6 Å². The van der Waals surface area contributed by atoms with E-state index in [1.807, 2.05) is 51.1 Å². The Morgan fingerprint density at radius 2 is 1.83 bits per heavy atom. The molecule has 4 aromatic rings. The smallest absolute Gasteiger partial charge is 0.213 e. The molecular formula is C28H33N5O2. The zero-order valence-corrected chi connectivity index (χ0v) is 20.7. The third kappa shape index (κ3) is 5.85. The van der Waals surface area contributed by atoms with E-state index in [0.29, 0.717) is 18.2 Å². The molecule has 1 fully saturated rings. The molecule has 0 spiro atoms. The van der Waals surface area contributed by atoms with Gasteiger partial charge in [-0.3, -0.25) is 4.57 Å². The largest absolute Gasteiger partial charge is 0.474 e. The van der Waals surface area contributed by atoms with Gasteiger partial charge in [0.1, 0.15) is 23.5 Å². The molecule has 3 aromatic heterocycles. The number of benzene rings is 1. The molecule has 0 amide bonds. The number of aryl methyl sites for hydroxylation is 1. The van der Waals surface area contributed by atoms with E-state index >= 15 is 0 Å². The maximum atomic E-state index is 6.08. The van der Waals surface area contributed by atoms with Crippen molar-refractivity contribution in [1.29, 1.82) is 0 Å². The standard InChI is InChI=1S/C26H27N5O2.C2H6/c1-3-19-7-11-22(12-8-19)31-24(17-21-16-18(2)33-30-21)28-29-26(31)20-9-13-23(14-10-20)32-25-6-4-5-15-27-25;1-2/h3-8,11-12,15-16,20,23H,1,9-10,13-14,17H2,2H3;1-2H3. The minimum absolute atomic E-state index is 0.178. The fourth-order valence-electron chi connectivity index (χ4n) is 4.44. The van der Waals surface area contributed by atoms with Gasteiger partial charge in [0, 0.05) is 29.9 Å². The van der Waals surface area contributed by atoms with Gasteiger partial charge in [0.2, 0.25) is 5.88 Å². The summed E-state index contributed by atoms with van der Waals surface area (Å²) < 4.78 is 13.5. The number of ether oxygens (including phenoxy) is 1. The van der Waals surface area contributed by atoms with Gasteiger partial charge in [-0.05, 0) is 56.4 Å². The predicted octanol–water partition coefficient (Wildman–Crippen LogP) is 6.32. The lowest BCUT2D eigenvalue weighted by molar-refractivity contribution is 0.139. The van der Waals surface area contributed by atoms with Crippen LogP contribution in [0.3, 0.4) is 0 Å². The van der Waals surface area contributed by atoms with E-state index in [4.69, 9.17) is 9.26 Å². The van der Waals surface area contributed by atoms with Crippen molar-refractivity contribution in [3.63, 3.8) is 0 Å². The lowest BCUT2D eigenvalue weighted by Gasteiger charge is -2.28. The highest BCUT2D eigenvalue weighted by Gasteiger charge is 2.29. The van der Waals surface area contributed by atoms with Crippen LogP contribution in [0.4, 0.5) is 0 Å².